The van der Waals surface area contributed by atoms with Crippen molar-refractivity contribution < 1.29 is 9.59 Å². The molecule has 0 aromatic carbocycles. The lowest BCUT2D eigenvalue weighted by molar-refractivity contribution is -0.123. The van der Waals surface area contributed by atoms with E-state index in [2.05, 4.69) is 4.98 Å². The van der Waals surface area contributed by atoms with Crippen LogP contribution in [0.1, 0.15) is 23.3 Å². The maximum absolute atomic E-state index is 12.3. The van der Waals surface area contributed by atoms with Crippen molar-refractivity contribution in [2.75, 3.05) is 19.6 Å². The third-order valence-electron chi connectivity index (χ3n) is 3.35. The van der Waals surface area contributed by atoms with Crippen molar-refractivity contribution in [1.29, 1.82) is 0 Å². The number of carbonyl (C=O) groups is 2. The van der Waals surface area contributed by atoms with Crippen LogP contribution in [0, 0.1) is 5.92 Å². The number of aromatic nitrogens is 2. The number of primary amides is 1. The number of piperidine rings is 1. The highest BCUT2D eigenvalue weighted by Crippen LogP contribution is 2.17. The Hall–Kier alpha value is -1.89. The van der Waals surface area contributed by atoms with E-state index in [4.69, 9.17) is 11.5 Å². The van der Waals surface area contributed by atoms with E-state index < -0.39 is 0 Å². The first-order valence-corrected chi connectivity index (χ1v) is 6.42. The molecule has 19 heavy (non-hydrogen) atoms. The topological polar surface area (TPSA) is 107 Å². The maximum Gasteiger partial charge on any atom is 0.274 e. The molecule has 1 atom stereocenters. The highest BCUT2D eigenvalue weighted by molar-refractivity contribution is 5.92. The summed E-state index contributed by atoms with van der Waals surface area (Å²) in [6.07, 6.45) is 4.82. The molecule has 0 radical (unpaired) electrons. The van der Waals surface area contributed by atoms with Gasteiger partial charge in [0.25, 0.3) is 5.91 Å². The highest BCUT2D eigenvalue weighted by atomic mass is 16.2. The third kappa shape index (κ3) is 3.11. The predicted octanol–water partition coefficient (Wildman–Crippen LogP) is -0.821. The van der Waals surface area contributed by atoms with Crippen LogP contribution in [0.4, 0.5) is 0 Å². The number of hydrogen-bond donors (Lipinski definition) is 2. The number of nitrogens with two attached hydrogens (primary N) is 2. The third-order valence-corrected chi connectivity index (χ3v) is 3.35. The standard InChI is InChI=1S/C12H19N5O2/c13-3-5-16-7-10(15-8-16)12(19)17-4-1-2-9(6-17)11(14)18/h7-9H,1-6,13H2,(H2,14,18). The van der Waals surface area contributed by atoms with Crippen molar-refractivity contribution in [2.45, 2.75) is 19.4 Å². The van der Waals surface area contributed by atoms with Gasteiger partial charge >= 0.3 is 0 Å². The molecule has 0 saturated carbocycles. The molecule has 2 rings (SSSR count). The lowest BCUT2D eigenvalue weighted by Gasteiger charge is -2.30. The molecule has 1 aliphatic rings. The van der Waals surface area contributed by atoms with E-state index in [0.29, 0.717) is 31.9 Å². The van der Waals surface area contributed by atoms with Crippen LogP contribution in [0.2, 0.25) is 0 Å². The van der Waals surface area contributed by atoms with E-state index in [0.717, 1.165) is 12.8 Å². The fraction of sp³-hybridized carbons (Fsp3) is 0.583. The molecule has 7 nitrogen and oxygen atoms in total. The summed E-state index contributed by atoms with van der Waals surface area (Å²) in [6.45, 7) is 2.16. The quantitative estimate of drug-likeness (QED) is 0.741. The molecule has 1 aromatic heterocycles. The Balaban J connectivity index is 2.03. The second-order valence-electron chi connectivity index (χ2n) is 4.78. The number of likely N-dealkylation sites (tertiary alicyclic amines) is 1. The summed E-state index contributed by atoms with van der Waals surface area (Å²) in [6, 6.07) is 0. The Labute approximate surface area is 111 Å². The van der Waals surface area contributed by atoms with Gasteiger partial charge < -0.3 is 20.9 Å². The van der Waals surface area contributed by atoms with Gasteiger partial charge in [-0.15, -0.1) is 0 Å². The summed E-state index contributed by atoms with van der Waals surface area (Å²) in [5.74, 6) is -0.739. The average Bonchev–Trinajstić information content (AvgIpc) is 2.87. The van der Waals surface area contributed by atoms with Gasteiger partial charge in [-0.3, -0.25) is 9.59 Å². The monoisotopic (exact) mass is 265 g/mol. The van der Waals surface area contributed by atoms with Gasteiger partial charge in [0, 0.05) is 32.4 Å². The molecule has 104 valence electrons. The summed E-state index contributed by atoms with van der Waals surface area (Å²) >= 11 is 0. The zero-order chi connectivity index (χ0) is 13.8. The van der Waals surface area contributed by atoms with Crippen LogP contribution in [0.5, 0.6) is 0 Å². The zero-order valence-electron chi connectivity index (χ0n) is 10.8. The van der Waals surface area contributed by atoms with Crippen molar-refractivity contribution in [3.63, 3.8) is 0 Å². The number of nitrogens with zero attached hydrogens (tertiary/aromatic N) is 3. The lowest BCUT2D eigenvalue weighted by atomic mass is 9.97. The van der Waals surface area contributed by atoms with Gasteiger partial charge in [0.05, 0.1) is 12.2 Å². The van der Waals surface area contributed by atoms with Crippen LogP contribution >= 0.6 is 0 Å². The SMILES string of the molecule is NCCn1cnc(C(=O)N2CCCC(C(N)=O)C2)c1. The summed E-state index contributed by atoms with van der Waals surface area (Å²) in [5.41, 5.74) is 11.1. The Morgan fingerprint density at radius 1 is 1.47 bits per heavy atom. The first-order valence-electron chi connectivity index (χ1n) is 6.42. The Morgan fingerprint density at radius 3 is 2.95 bits per heavy atom. The van der Waals surface area contributed by atoms with Crippen molar-refractivity contribution in [3.8, 4) is 0 Å². The molecule has 0 spiro atoms. The number of amides is 2. The summed E-state index contributed by atoms with van der Waals surface area (Å²) in [4.78, 5) is 29.2. The predicted molar refractivity (Wildman–Crippen MR) is 69.1 cm³/mol. The minimum Gasteiger partial charge on any atom is -0.369 e. The minimum absolute atomic E-state index is 0.151. The maximum atomic E-state index is 12.3. The molecule has 4 N–H and O–H groups in total. The normalized spacial score (nSPS) is 19.4. The van der Waals surface area contributed by atoms with E-state index in [1.807, 2.05) is 0 Å². The van der Waals surface area contributed by atoms with Crippen LogP contribution < -0.4 is 11.5 Å². The number of rotatable bonds is 4. The van der Waals surface area contributed by atoms with Gasteiger partial charge in [-0.1, -0.05) is 0 Å². The van der Waals surface area contributed by atoms with Gasteiger partial charge in [0.1, 0.15) is 5.69 Å². The van der Waals surface area contributed by atoms with Crippen LogP contribution in [0.15, 0.2) is 12.5 Å². The molecular weight excluding hydrogens is 246 g/mol. The Kier molecular flexibility index (Phi) is 4.16. The van der Waals surface area contributed by atoms with Crippen molar-refractivity contribution in [3.05, 3.63) is 18.2 Å². The van der Waals surface area contributed by atoms with E-state index in [1.54, 1.807) is 22.0 Å². The molecule has 1 aliphatic heterocycles. The van der Waals surface area contributed by atoms with E-state index >= 15 is 0 Å². The fourth-order valence-electron chi connectivity index (χ4n) is 2.30. The minimum atomic E-state index is -0.342. The highest BCUT2D eigenvalue weighted by Gasteiger charge is 2.28. The van der Waals surface area contributed by atoms with Gasteiger partial charge in [-0.2, -0.15) is 0 Å². The summed E-state index contributed by atoms with van der Waals surface area (Å²) in [7, 11) is 0. The Morgan fingerprint density at radius 2 is 2.26 bits per heavy atom. The smallest absolute Gasteiger partial charge is 0.274 e. The Bertz CT molecular complexity index is 470. The second-order valence-corrected chi connectivity index (χ2v) is 4.78. The van der Waals surface area contributed by atoms with Gasteiger partial charge in [-0.25, -0.2) is 4.98 Å². The zero-order valence-corrected chi connectivity index (χ0v) is 10.8. The largest absolute Gasteiger partial charge is 0.369 e. The average molecular weight is 265 g/mol. The first kappa shape index (κ1) is 13.5. The number of hydrogen-bond acceptors (Lipinski definition) is 4. The van der Waals surface area contributed by atoms with Gasteiger partial charge in [-0.05, 0) is 12.8 Å². The molecule has 1 saturated heterocycles. The molecule has 0 aliphatic carbocycles. The molecule has 0 bridgehead atoms. The van der Waals surface area contributed by atoms with Crippen molar-refractivity contribution in [2.24, 2.45) is 17.4 Å². The molecule has 1 aromatic rings. The molecule has 1 fully saturated rings. The van der Waals surface area contributed by atoms with Crippen molar-refractivity contribution >= 4 is 11.8 Å². The van der Waals surface area contributed by atoms with E-state index in [9.17, 15) is 9.59 Å². The summed E-state index contributed by atoms with van der Waals surface area (Å²) < 4.78 is 1.78. The van der Waals surface area contributed by atoms with Crippen LogP contribution in [-0.4, -0.2) is 45.9 Å². The molecule has 1 unspecified atom stereocenters. The van der Waals surface area contributed by atoms with Gasteiger partial charge in [0.15, 0.2) is 0 Å². The molecule has 2 heterocycles. The number of imidazole rings is 1. The summed E-state index contributed by atoms with van der Waals surface area (Å²) in [5, 5.41) is 0. The molecular formula is C12H19N5O2. The molecule has 2 amide bonds. The first-order chi connectivity index (χ1) is 9.11. The fourth-order valence-corrected chi connectivity index (χ4v) is 2.30. The second kappa shape index (κ2) is 5.83. The lowest BCUT2D eigenvalue weighted by Crippen LogP contribution is -2.44. The van der Waals surface area contributed by atoms with E-state index in [1.165, 1.54) is 0 Å². The van der Waals surface area contributed by atoms with Gasteiger partial charge in [0.2, 0.25) is 5.91 Å². The van der Waals surface area contributed by atoms with Crippen LogP contribution in [0.3, 0.4) is 0 Å². The van der Waals surface area contributed by atoms with Crippen LogP contribution in [-0.2, 0) is 11.3 Å². The molecule has 7 heteroatoms. The van der Waals surface area contributed by atoms with Crippen molar-refractivity contribution in [1.82, 2.24) is 14.5 Å². The van der Waals surface area contributed by atoms with E-state index in [-0.39, 0.29) is 17.7 Å². The van der Waals surface area contributed by atoms with Crippen LogP contribution in [0.25, 0.3) is 0 Å². The number of carbonyl (C=O) groups excluding carboxylic acids is 2.